The van der Waals surface area contributed by atoms with Crippen molar-refractivity contribution in [2.24, 2.45) is 0 Å². The lowest BCUT2D eigenvalue weighted by atomic mass is 10.1. The molecule has 1 amide bonds. The fourth-order valence-electron chi connectivity index (χ4n) is 1.80. The average molecular weight is 309 g/mol. The zero-order valence-electron chi connectivity index (χ0n) is 11.0. The van der Waals surface area contributed by atoms with Gasteiger partial charge in [0.05, 0.1) is 16.7 Å². The molecule has 21 heavy (non-hydrogen) atoms. The van der Waals surface area contributed by atoms with Crippen molar-refractivity contribution in [1.82, 2.24) is 5.32 Å². The van der Waals surface area contributed by atoms with Crippen LogP contribution in [0.2, 0.25) is 5.02 Å². The minimum Gasteiger partial charge on any atom is -0.399 e. The third-order valence-electron chi connectivity index (χ3n) is 2.97. The molecule has 0 aromatic heterocycles. The molecule has 0 saturated heterocycles. The summed E-state index contributed by atoms with van der Waals surface area (Å²) in [6.45, 7) is -0.0469. The first kappa shape index (κ1) is 15.3. The summed E-state index contributed by atoms with van der Waals surface area (Å²) in [5, 5.41) is 12.3. The van der Waals surface area contributed by atoms with Crippen LogP contribution in [0.4, 0.5) is 10.1 Å². The van der Waals surface area contributed by atoms with Gasteiger partial charge in [0.25, 0.3) is 5.91 Å². The second-order valence-corrected chi connectivity index (χ2v) is 4.90. The molecule has 2 aromatic carbocycles. The van der Waals surface area contributed by atoms with Crippen molar-refractivity contribution in [3.05, 3.63) is 64.4 Å². The predicted octanol–water partition coefficient (Wildman–Crippen LogP) is 2.52. The van der Waals surface area contributed by atoms with Crippen molar-refractivity contribution in [1.29, 1.82) is 0 Å². The van der Waals surface area contributed by atoms with E-state index in [2.05, 4.69) is 5.32 Å². The topological polar surface area (TPSA) is 75.3 Å². The Morgan fingerprint density at radius 2 is 1.95 bits per heavy atom. The van der Waals surface area contributed by atoms with Gasteiger partial charge in [-0.3, -0.25) is 4.79 Å². The Labute approximate surface area is 126 Å². The largest absolute Gasteiger partial charge is 0.399 e. The van der Waals surface area contributed by atoms with Gasteiger partial charge in [0, 0.05) is 12.2 Å². The normalized spacial score (nSPS) is 12.0. The molecule has 0 aliphatic rings. The Morgan fingerprint density at radius 3 is 2.62 bits per heavy atom. The van der Waals surface area contributed by atoms with Crippen LogP contribution in [0.3, 0.4) is 0 Å². The van der Waals surface area contributed by atoms with E-state index in [9.17, 15) is 14.3 Å². The summed E-state index contributed by atoms with van der Waals surface area (Å²) in [7, 11) is 0. The fraction of sp³-hybridized carbons (Fsp3) is 0.133. The van der Waals surface area contributed by atoms with Crippen molar-refractivity contribution in [3.63, 3.8) is 0 Å². The van der Waals surface area contributed by atoms with Gasteiger partial charge in [-0.1, -0.05) is 29.8 Å². The molecule has 0 spiro atoms. The number of aliphatic hydroxyl groups is 1. The molecular formula is C15H14ClFN2O2. The summed E-state index contributed by atoms with van der Waals surface area (Å²) in [6.07, 6.45) is -0.906. The number of halogens is 2. The number of nitrogen functional groups attached to an aromatic ring is 1. The Hall–Kier alpha value is -2.11. The highest BCUT2D eigenvalue weighted by molar-refractivity contribution is 6.31. The predicted molar refractivity (Wildman–Crippen MR) is 79.6 cm³/mol. The van der Waals surface area contributed by atoms with Gasteiger partial charge in [-0.2, -0.15) is 0 Å². The monoisotopic (exact) mass is 308 g/mol. The van der Waals surface area contributed by atoms with E-state index in [-0.39, 0.29) is 17.1 Å². The van der Waals surface area contributed by atoms with Crippen molar-refractivity contribution < 1.29 is 14.3 Å². The van der Waals surface area contributed by atoms with E-state index < -0.39 is 17.8 Å². The minimum absolute atomic E-state index is 0.0469. The van der Waals surface area contributed by atoms with Crippen LogP contribution in [-0.4, -0.2) is 17.6 Å². The molecule has 0 bridgehead atoms. The van der Waals surface area contributed by atoms with Crippen LogP contribution < -0.4 is 11.1 Å². The van der Waals surface area contributed by atoms with Crippen LogP contribution in [0.5, 0.6) is 0 Å². The fourth-order valence-corrected chi connectivity index (χ4v) is 1.97. The van der Waals surface area contributed by atoms with E-state index in [1.807, 2.05) is 0 Å². The molecule has 0 radical (unpaired) electrons. The van der Waals surface area contributed by atoms with E-state index in [1.54, 1.807) is 24.3 Å². The summed E-state index contributed by atoms with van der Waals surface area (Å²) in [6, 6.07) is 10.8. The number of carbonyl (C=O) groups excluding carboxylic acids is 1. The Morgan fingerprint density at radius 1 is 1.29 bits per heavy atom. The average Bonchev–Trinajstić information content (AvgIpc) is 2.48. The van der Waals surface area contributed by atoms with Crippen molar-refractivity contribution in [2.75, 3.05) is 12.3 Å². The van der Waals surface area contributed by atoms with Gasteiger partial charge < -0.3 is 16.2 Å². The molecule has 110 valence electrons. The number of amides is 1. The molecule has 1 atom stereocenters. The molecular weight excluding hydrogens is 295 g/mol. The van der Waals surface area contributed by atoms with Gasteiger partial charge in [-0.15, -0.1) is 0 Å². The molecule has 0 heterocycles. The van der Waals surface area contributed by atoms with Gasteiger partial charge in [0.2, 0.25) is 0 Å². The molecule has 0 fully saturated rings. The second kappa shape index (κ2) is 6.56. The molecule has 4 nitrogen and oxygen atoms in total. The number of carbonyl (C=O) groups is 1. The Balaban J connectivity index is 2.00. The first-order valence-corrected chi connectivity index (χ1v) is 6.62. The van der Waals surface area contributed by atoms with Crippen LogP contribution in [0, 0.1) is 5.82 Å². The lowest BCUT2D eigenvalue weighted by Gasteiger charge is -2.13. The quantitative estimate of drug-likeness (QED) is 0.760. The number of nitrogens with one attached hydrogen (secondary N) is 1. The number of nitrogens with two attached hydrogens (primary N) is 1. The van der Waals surface area contributed by atoms with Gasteiger partial charge in [0.1, 0.15) is 0 Å². The highest BCUT2D eigenvalue weighted by atomic mass is 35.5. The summed E-state index contributed by atoms with van der Waals surface area (Å²) in [5.41, 5.74) is 6.58. The van der Waals surface area contributed by atoms with Gasteiger partial charge in [0.15, 0.2) is 5.82 Å². The van der Waals surface area contributed by atoms with Crippen LogP contribution in [-0.2, 0) is 0 Å². The van der Waals surface area contributed by atoms with E-state index in [4.69, 9.17) is 17.3 Å². The zero-order valence-corrected chi connectivity index (χ0v) is 11.8. The third-order valence-corrected chi connectivity index (χ3v) is 3.27. The number of anilines is 1. The van der Waals surface area contributed by atoms with Crippen LogP contribution in [0.1, 0.15) is 22.0 Å². The second-order valence-electron chi connectivity index (χ2n) is 4.49. The minimum atomic E-state index is -0.906. The first-order valence-electron chi connectivity index (χ1n) is 6.24. The maximum Gasteiger partial charge on any atom is 0.254 e. The SMILES string of the molecule is Nc1ccc(C(O)CNC(=O)c2cccc(Cl)c2F)cc1. The van der Waals surface area contributed by atoms with E-state index in [0.29, 0.717) is 11.3 Å². The van der Waals surface area contributed by atoms with E-state index >= 15 is 0 Å². The Bertz CT molecular complexity index is 647. The maximum absolute atomic E-state index is 13.7. The molecule has 4 N–H and O–H groups in total. The van der Waals surface area contributed by atoms with Crippen LogP contribution in [0.25, 0.3) is 0 Å². The van der Waals surface area contributed by atoms with E-state index in [1.165, 1.54) is 18.2 Å². The first-order chi connectivity index (χ1) is 9.99. The smallest absolute Gasteiger partial charge is 0.254 e. The van der Waals surface area contributed by atoms with Gasteiger partial charge in [-0.25, -0.2) is 4.39 Å². The third kappa shape index (κ3) is 3.71. The van der Waals surface area contributed by atoms with E-state index in [0.717, 1.165) is 0 Å². The molecule has 0 saturated carbocycles. The lowest BCUT2D eigenvalue weighted by Crippen LogP contribution is -2.29. The van der Waals surface area contributed by atoms with Crippen LogP contribution >= 0.6 is 11.6 Å². The highest BCUT2D eigenvalue weighted by Crippen LogP contribution is 2.18. The summed E-state index contributed by atoms with van der Waals surface area (Å²) >= 11 is 5.62. The summed E-state index contributed by atoms with van der Waals surface area (Å²) in [4.78, 5) is 11.9. The number of benzene rings is 2. The molecule has 0 aliphatic heterocycles. The molecule has 0 aliphatic carbocycles. The number of rotatable bonds is 4. The maximum atomic E-state index is 13.7. The summed E-state index contributed by atoms with van der Waals surface area (Å²) < 4.78 is 13.7. The highest BCUT2D eigenvalue weighted by Gasteiger charge is 2.15. The van der Waals surface area contributed by atoms with Crippen LogP contribution in [0.15, 0.2) is 42.5 Å². The molecule has 6 heteroatoms. The Kier molecular flexibility index (Phi) is 4.77. The standard InChI is InChI=1S/C15H14ClFN2O2/c16-12-3-1-2-11(14(12)17)15(21)19-8-13(20)9-4-6-10(18)7-5-9/h1-7,13,20H,8,18H2,(H,19,21). The summed E-state index contributed by atoms with van der Waals surface area (Å²) in [5.74, 6) is -1.41. The molecule has 1 unspecified atom stereocenters. The zero-order chi connectivity index (χ0) is 15.4. The number of hydrogen-bond acceptors (Lipinski definition) is 3. The molecule has 2 aromatic rings. The number of hydrogen-bond donors (Lipinski definition) is 3. The lowest BCUT2D eigenvalue weighted by molar-refractivity contribution is 0.0912. The number of aliphatic hydroxyl groups excluding tert-OH is 1. The van der Waals surface area contributed by atoms with Crippen molar-refractivity contribution >= 4 is 23.2 Å². The van der Waals surface area contributed by atoms with Crippen molar-refractivity contribution in [2.45, 2.75) is 6.10 Å². The van der Waals surface area contributed by atoms with Gasteiger partial charge in [-0.05, 0) is 29.8 Å². The molecule has 2 rings (SSSR count). The van der Waals surface area contributed by atoms with Crippen molar-refractivity contribution in [3.8, 4) is 0 Å². The van der Waals surface area contributed by atoms with Gasteiger partial charge >= 0.3 is 0 Å².